The molecule has 1 aliphatic rings. The number of rotatable bonds is 4. The summed E-state index contributed by atoms with van der Waals surface area (Å²) in [5.41, 5.74) is 1.51. The van der Waals surface area contributed by atoms with E-state index in [2.05, 4.69) is 11.0 Å². The lowest BCUT2D eigenvalue weighted by Gasteiger charge is -2.17. The fourth-order valence-corrected chi connectivity index (χ4v) is 2.39. The summed E-state index contributed by atoms with van der Waals surface area (Å²) in [7, 11) is 1.59. The molecule has 2 rings (SSSR count). The minimum Gasteiger partial charge on any atom is -0.496 e. The molecule has 0 spiro atoms. The zero-order chi connectivity index (χ0) is 13.8. The molecule has 1 unspecified atom stereocenters. The Hall–Kier alpha value is -2.06. The van der Waals surface area contributed by atoms with Crippen LogP contribution in [-0.4, -0.2) is 36.2 Å². The second kappa shape index (κ2) is 5.72. The van der Waals surface area contributed by atoms with Crippen LogP contribution in [0.2, 0.25) is 0 Å². The Labute approximate surface area is 112 Å². The van der Waals surface area contributed by atoms with E-state index in [1.807, 2.05) is 0 Å². The molecule has 1 saturated heterocycles. The van der Waals surface area contributed by atoms with Gasteiger partial charge in [0.05, 0.1) is 24.7 Å². The molecule has 5 heteroatoms. The van der Waals surface area contributed by atoms with E-state index in [4.69, 9.17) is 15.1 Å². The van der Waals surface area contributed by atoms with Crippen molar-refractivity contribution in [2.45, 2.75) is 13.0 Å². The lowest BCUT2D eigenvalue weighted by molar-refractivity contribution is -0.141. The first-order chi connectivity index (χ1) is 9.13. The van der Waals surface area contributed by atoms with Crippen molar-refractivity contribution in [3.05, 3.63) is 29.3 Å². The Bertz CT molecular complexity index is 522. The van der Waals surface area contributed by atoms with Crippen LogP contribution in [0.15, 0.2) is 18.2 Å². The smallest absolute Gasteiger partial charge is 0.307 e. The van der Waals surface area contributed by atoms with Gasteiger partial charge in [0, 0.05) is 18.7 Å². The SMILES string of the molecule is COc1ccc(C#N)cc1CN1CCC(C(=O)O)C1. The van der Waals surface area contributed by atoms with E-state index >= 15 is 0 Å². The number of likely N-dealkylation sites (tertiary alicyclic amines) is 1. The maximum absolute atomic E-state index is 10.9. The number of carboxylic acids is 1. The normalized spacial score (nSPS) is 19.1. The molecular weight excluding hydrogens is 244 g/mol. The maximum atomic E-state index is 10.9. The molecule has 0 amide bonds. The lowest BCUT2D eigenvalue weighted by atomic mass is 10.1. The molecule has 1 heterocycles. The Morgan fingerprint density at radius 3 is 3.00 bits per heavy atom. The monoisotopic (exact) mass is 260 g/mol. The number of carboxylic acid groups (broad SMARTS) is 1. The summed E-state index contributed by atoms with van der Waals surface area (Å²) in [5.74, 6) is -0.289. The van der Waals surface area contributed by atoms with E-state index < -0.39 is 5.97 Å². The summed E-state index contributed by atoms with van der Waals surface area (Å²) in [5, 5.41) is 17.9. The number of benzene rings is 1. The number of nitriles is 1. The van der Waals surface area contributed by atoms with Gasteiger partial charge in [0.15, 0.2) is 0 Å². The molecule has 0 saturated carbocycles. The molecule has 0 aliphatic carbocycles. The quantitative estimate of drug-likeness (QED) is 0.887. The van der Waals surface area contributed by atoms with Crippen LogP contribution in [-0.2, 0) is 11.3 Å². The van der Waals surface area contributed by atoms with Crippen LogP contribution in [0.4, 0.5) is 0 Å². The molecule has 0 aromatic heterocycles. The third-order valence-electron chi connectivity index (χ3n) is 3.43. The number of ether oxygens (including phenoxy) is 1. The van der Waals surface area contributed by atoms with Gasteiger partial charge in [0.25, 0.3) is 0 Å². The summed E-state index contributed by atoms with van der Waals surface area (Å²) in [6, 6.07) is 7.39. The summed E-state index contributed by atoms with van der Waals surface area (Å²) in [4.78, 5) is 13.0. The van der Waals surface area contributed by atoms with Gasteiger partial charge >= 0.3 is 5.97 Å². The average molecular weight is 260 g/mol. The van der Waals surface area contributed by atoms with Gasteiger partial charge in [-0.25, -0.2) is 0 Å². The molecule has 1 N–H and O–H groups in total. The molecular formula is C14H16N2O3. The first-order valence-electron chi connectivity index (χ1n) is 6.16. The first-order valence-corrected chi connectivity index (χ1v) is 6.16. The van der Waals surface area contributed by atoms with Crippen LogP contribution in [0.1, 0.15) is 17.5 Å². The van der Waals surface area contributed by atoms with Crippen molar-refractivity contribution in [2.24, 2.45) is 5.92 Å². The Morgan fingerprint density at radius 2 is 2.42 bits per heavy atom. The van der Waals surface area contributed by atoms with Crippen molar-refractivity contribution in [1.29, 1.82) is 5.26 Å². The molecule has 1 aromatic rings. The highest BCUT2D eigenvalue weighted by Crippen LogP contribution is 2.25. The van der Waals surface area contributed by atoms with Gasteiger partial charge in [-0.05, 0) is 31.2 Å². The van der Waals surface area contributed by atoms with Crippen LogP contribution in [0, 0.1) is 17.2 Å². The second-order valence-electron chi connectivity index (χ2n) is 4.70. The minimum atomic E-state index is -0.736. The summed E-state index contributed by atoms with van der Waals surface area (Å²) < 4.78 is 5.28. The number of methoxy groups -OCH3 is 1. The summed E-state index contributed by atoms with van der Waals surface area (Å²) >= 11 is 0. The van der Waals surface area contributed by atoms with E-state index in [0.29, 0.717) is 25.1 Å². The van der Waals surface area contributed by atoms with Gasteiger partial charge < -0.3 is 9.84 Å². The van der Waals surface area contributed by atoms with Crippen LogP contribution in [0.3, 0.4) is 0 Å². The van der Waals surface area contributed by atoms with E-state index in [0.717, 1.165) is 17.9 Å². The van der Waals surface area contributed by atoms with Crippen LogP contribution in [0.5, 0.6) is 5.75 Å². The van der Waals surface area contributed by atoms with E-state index in [-0.39, 0.29) is 5.92 Å². The molecule has 19 heavy (non-hydrogen) atoms. The van der Waals surface area contributed by atoms with Crippen molar-refractivity contribution < 1.29 is 14.6 Å². The Morgan fingerprint density at radius 1 is 1.63 bits per heavy atom. The number of nitrogens with zero attached hydrogens (tertiary/aromatic N) is 2. The predicted molar refractivity (Wildman–Crippen MR) is 68.7 cm³/mol. The molecule has 0 radical (unpaired) electrons. The third kappa shape index (κ3) is 3.04. The molecule has 100 valence electrons. The van der Waals surface area contributed by atoms with Crippen molar-refractivity contribution in [3.8, 4) is 11.8 Å². The van der Waals surface area contributed by atoms with Gasteiger partial charge in [-0.1, -0.05) is 0 Å². The Kier molecular flexibility index (Phi) is 4.03. The third-order valence-corrected chi connectivity index (χ3v) is 3.43. The number of carbonyl (C=O) groups is 1. The summed E-state index contributed by atoms with van der Waals surface area (Å²) in [6.45, 7) is 1.93. The lowest BCUT2D eigenvalue weighted by Crippen LogP contribution is -2.23. The van der Waals surface area contributed by atoms with Gasteiger partial charge in [-0.15, -0.1) is 0 Å². The van der Waals surface area contributed by atoms with Crippen molar-refractivity contribution >= 4 is 5.97 Å². The maximum Gasteiger partial charge on any atom is 0.307 e. The largest absolute Gasteiger partial charge is 0.496 e. The van der Waals surface area contributed by atoms with Crippen LogP contribution in [0.25, 0.3) is 0 Å². The van der Waals surface area contributed by atoms with E-state index in [9.17, 15) is 4.79 Å². The van der Waals surface area contributed by atoms with Crippen molar-refractivity contribution in [3.63, 3.8) is 0 Å². The van der Waals surface area contributed by atoms with E-state index in [1.54, 1.807) is 25.3 Å². The molecule has 5 nitrogen and oxygen atoms in total. The molecule has 1 aromatic carbocycles. The van der Waals surface area contributed by atoms with Gasteiger partial charge in [-0.2, -0.15) is 5.26 Å². The first kappa shape index (κ1) is 13.4. The van der Waals surface area contributed by atoms with Gasteiger partial charge in [0.2, 0.25) is 0 Å². The number of hydrogen-bond acceptors (Lipinski definition) is 4. The predicted octanol–water partition coefficient (Wildman–Crippen LogP) is 1.47. The van der Waals surface area contributed by atoms with Gasteiger partial charge in [0.1, 0.15) is 5.75 Å². The second-order valence-corrected chi connectivity index (χ2v) is 4.70. The number of hydrogen-bond donors (Lipinski definition) is 1. The van der Waals surface area contributed by atoms with Crippen molar-refractivity contribution in [1.82, 2.24) is 4.90 Å². The highest BCUT2D eigenvalue weighted by Gasteiger charge is 2.28. The minimum absolute atomic E-state index is 0.287. The zero-order valence-electron chi connectivity index (χ0n) is 10.8. The highest BCUT2D eigenvalue weighted by atomic mass is 16.5. The fraction of sp³-hybridized carbons (Fsp3) is 0.429. The van der Waals surface area contributed by atoms with Crippen molar-refractivity contribution in [2.75, 3.05) is 20.2 Å². The van der Waals surface area contributed by atoms with Crippen LogP contribution < -0.4 is 4.74 Å². The summed E-state index contributed by atoms with van der Waals surface area (Å²) in [6.07, 6.45) is 0.676. The molecule has 1 aliphatic heterocycles. The standard InChI is InChI=1S/C14H16N2O3/c1-19-13-3-2-10(7-15)6-12(13)9-16-5-4-11(8-16)14(17)18/h2-3,6,11H,4-5,8-9H2,1H3,(H,17,18). The Balaban J connectivity index is 2.11. The fourth-order valence-electron chi connectivity index (χ4n) is 2.39. The molecule has 1 fully saturated rings. The average Bonchev–Trinajstić information content (AvgIpc) is 2.87. The van der Waals surface area contributed by atoms with Gasteiger partial charge in [-0.3, -0.25) is 9.69 Å². The zero-order valence-corrected chi connectivity index (χ0v) is 10.8. The topological polar surface area (TPSA) is 73.6 Å². The van der Waals surface area contributed by atoms with E-state index in [1.165, 1.54) is 0 Å². The van der Waals surface area contributed by atoms with Crippen LogP contribution >= 0.6 is 0 Å². The molecule has 0 bridgehead atoms. The number of aliphatic carboxylic acids is 1. The molecule has 1 atom stereocenters. The highest BCUT2D eigenvalue weighted by molar-refractivity contribution is 5.70.